The smallest absolute Gasteiger partial charge is 0.0468 e. The summed E-state index contributed by atoms with van der Waals surface area (Å²) in [7, 11) is 0. The van der Waals surface area contributed by atoms with Crippen molar-refractivity contribution < 1.29 is 4.74 Å². The normalized spacial score (nSPS) is 30.6. The minimum absolute atomic E-state index is 0.760. The van der Waals surface area contributed by atoms with Crippen LogP contribution in [0.3, 0.4) is 0 Å². The van der Waals surface area contributed by atoms with E-state index in [0.29, 0.717) is 0 Å². The number of hydrogen-bond donors (Lipinski definition) is 1. The van der Waals surface area contributed by atoms with Crippen molar-refractivity contribution in [1.82, 2.24) is 5.32 Å². The number of hydrogen-bond acceptors (Lipinski definition) is 2. The Balaban J connectivity index is 1.82. The minimum atomic E-state index is 0.760. The van der Waals surface area contributed by atoms with Crippen molar-refractivity contribution in [2.45, 2.75) is 71.8 Å². The summed E-state index contributed by atoms with van der Waals surface area (Å²) in [5, 5.41) is 3.80. The largest absolute Gasteiger partial charge is 0.381 e. The molecular weight excluding hydrogens is 246 g/mol. The lowest BCUT2D eigenvalue weighted by atomic mass is 9.73. The molecule has 1 saturated carbocycles. The lowest BCUT2D eigenvalue weighted by molar-refractivity contribution is 0.0553. The number of rotatable bonds is 6. The van der Waals surface area contributed by atoms with Gasteiger partial charge in [0.25, 0.3) is 0 Å². The monoisotopic (exact) mass is 281 g/mol. The predicted octanol–water partition coefficient (Wildman–Crippen LogP) is 4.24. The van der Waals surface area contributed by atoms with Crippen molar-refractivity contribution >= 4 is 0 Å². The first-order chi connectivity index (χ1) is 9.70. The van der Waals surface area contributed by atoms with E-state index >= 15 is 0 Å². The molecule has 1 saturated heterocycles. The van der Waals surface area contributed by atoms with Gasteiger partial charge >= 0.3 is 0 Å². The molecule has 2 aliphatic rings. The molecule has 0 aromatic carbocycles. The van der Waals surface area contributed by atoms with E-state index in [1.54, 1.807) is 0 Å². The highest BCUT2D eigenvalue weighted by molar-refractivity contribution is 4.84. The maximum Gasteiger partial charge on any atom is 0.0468 e. The molecule has 1 aliphatic heterocycles. The first-order valence-electron chi connectivity index (χ1n) is 9.01. The summed E-state index contributed by atoms with van der Waals surface area (Å²) >= 11 is 0. The average Bonchev–Trinajstić information content (AvgIpc) is 2.48. The first kappa shape index (κ1) is 16.3. The van der Waals surface area contributed by atoms with Crippen molar-refractivity contribution in [2.24, 2.45) is 23.7 Å². The van der Waals surface area contributed by atoms with E-state index in [1.807, 2.05) is 0 Å². The van der Waals surface area contributed by atoms with Gasteiger partial charge in [0.2, 0.25) is 0 Å². The lowest BCUT2D eigenvalue weighted by Crippen LogP contribution is -2.40. The van der Waals surface area contributed by atoms with Crippen LogP contribution in [0.15, 0.2) is 0 Å². The maximum atomic E-state index is 5.51. The van der Waals surface area contributed by atoms with Crippen LogP contribution in [-0.4, -0.2) is 25.8 Å². The van der Waals surface area contributed by atoms with Gasteiger partial charge in [-0.3, -0.25) is 0 Å². The molecular formula is C18H35NO. The Morgan fingerprint density at radius 3 is 2.10 bits per heavy atom. The molecule has 0 bridgehead atoms. The zero-order valence-corrected chi connectivity index (χ0v) is 13.9. The lowest BCUT2D eigenvalue weighted by Gasteiger charge is -2.37. The van der Waals surface area contributed by atoms with Gasteiger partial charge in [0.15, 0.2) is 0 Å². The summed E-state index contributed by atoms with van der Waals surface area (Å²) in [5.74, 6) is 3.68. The van der Waals surface area contributed by atoms with Crippen molar-refractivity contribution in [2.75, 3.05) is 19.8 Å². The first-order valence-corrected chi connectivity index (χ1v) is 9.01. The van der Waals surface area contributed by atoms with Gasteiger partial charge in [-0.1, -0.05) is 20.8 Å². The third-order valence-corrected chi connectivity index (χ3v) is 5.72. The van der Waals surface area contributed by atoms with Crippen molar-refractivity contribution in [3.63, 3.8) is 0 Å². The summed E-state index contributed by atoms with van der Waals surface area (Å²) in [5.41, 5.74) is 0. The summed E-state index contributed by atoms with van der Waals surface area (Å²) in [6.07, 6.45) is 9.75. The van der Waals surface area contributed by atoms with Gasteiger partial charge in [-0.15, -0.1) is 0 Å². The highest BCUT2D eigenvalue weighted by Gasteiger charge is 2.30. The van der Waals surface area contributed by atoms with Crippen LogP contribution in [0, 0.1) is 23.7 Å². The van der Waals surface area contributed by atoms with E-state index in [9.17, 15) is 0 Å². The zero-order valence-electron chi connectivity index (χ0n) is 13.9. The van der Waals surface area contributed by atoms with E-state index < -0.39 is 0 Å². The maximum absolute atomic E-state index is 5.51. The Labute approximate surface area is 126 Å². The summed E-state index contributed by atoms with van der Waals surface area (Å²) in [4.78, 5) is 0. The van der Waals surface area contributed by atoms with E-state index in [4.69, 9.17) is 4.74 Å². The van der Waals surface area contributed by atoms with Gasteiger partial charge in [0, 0.05) is 19.3 Å². The fourth-order valence-corrected chi connectivity index (χ4v) is 4.26. The molecule has 1 N–H and O–H groups in total. The number of ether oxygens (including phenoxy) is 1. The second-order valence-corrected chi connectivity index (χ2v) is 7.37. The Morgan fingerprint density at radius 2 is 1.55 bits per heavy atom. The van der Waals surface area contributed by atoms with Crippen LogP contribution in [0.25, 0.3) is 0 Å². The van der Waals surface area contributed by atoms with Gasteiger partial charge in [0.1, 0.15) is 0 Å². The molecule has 0 amide bonds. The molecule has 20 heavy (non-hydrogen) atoms. The molecule has 0 aromatic rings. The van der Waals surface area contributed by atoms with Crippen LogP contribution >= 0.6 is 0 Å². The van der Waals surface area contributed by atoms with E-state index in [0.717, 1.165) is 49.5 Å². The third kappa shape index (κ3) is 4.73. The van der Waals surface area contributed by atoms with Crippen molar-refractivity contribution in [3.05, 3.63) is 0 Å². The molecule has 2 rings (SSSR count). The highest BCUT2D eigenvalue weighted by atomic mass is 16.5. The second-order valence-electron chi connectivity index (χ2n) is 7.37. The van der Waals surface area contributed by atoms with Crippen LogP contribution in [0.1, 0.15) is 65.7 Å². The Bertz CT molecular complexity index is 252. The molecule has 2 nitrogen and oxygen atoms in total. The van der Waals surface area contributed by atoms with Crippen LogP contribution in [0.5, 0.6) is 0 Å². The fourth-order valence-electron chi connectivity index (χ4n) is 4.26. The molecule has 118 valence electrons. The second kappa shape index (κ2) is 8.38. The topological polar surface area (TPSA) is 21.3 Å². The van der Waals surface area contributed by atoms with Crippen LogP contribution < -0.4 is 5.32 Å². The fraction of sp³-hybridized carbons (Fsp3) is 1.00. The molecule has 2 heteroatoms. The Hall–Kier alpha value is -0.0800. The quantitative estimate of drug-likeness (QED) is 0.786. The standard InChI is InChI=1S/C18H35NO/c1-4-19-18(13-15-9-11-20-12-10-15)17-7-5-16(6-8-17)14(2)3/h14-19H,4-13H2,1-3H3. The van der Waals surface area contributed by atoms with Gasteiger partial charge in [-0.2, -0.15) is 0 Å². The van der Waals surface area contributed by atoms with E-state index in [1.165, 1.54) is 44.9 Å². The van der Waals surface area contributed by atoms with Gasteiger partial charge in [-0.05, 0) is 75.2 Å². The molecule has 0 aromatic heterocycles. The molecule has 1 unspecified atom stereocenters. The van der Waals surface area contributed by atoms with E-state index in [-0.39, 0.29) is 0 Å². The summed E-state index contributed by atoms with van der Waals surface area (Å²) < 4.78 is 5.51. The Kier molecular flexibility index (Phi) is 6.83. The van der Waals surface area contributed by atoms with Gasteiger partial charge in [-0.25, -0.2) is 0 Å². The van der Waals surface area contributed by atoms with Crippen LogP contribution in [0.2, 0.25) is 0 Å². The van der Waals surface area contributed by atoms with Gasteiger partial charge < -0.3 is 10.1 Å². The SMILES string of the molecule is CCNC(CC1CCOCC1)C1CCC(C(C)C)CC1. The molecule has 1 aliphatic carbocycles. The molecule has 1 atom stereocenters. The highest BCUT2D eigenvalue weighted by Crippen LogP contribution is 2.36. The average molecular weight is 281 g/mol. The minimum Gasteiger partial charge on any atom is -0.381 e. The summed E-state index contributed by atoms with van der Waals surface area (Å²) in [6.45, 7) is 10.2. The number of nitrogens with one attached hydrogen (secondary N) is 1. The van der Waals surface area contributed by atoms with E-state index in [2.05, 4.69) is 26.1 Å². The Morgan fingerprint density at radius 1 is 0.950 bits per heavy atom. The molecule has 1 heterocycles. The molecule has 0 spiro atoms. The van der Waals surface area contributed by atoms with Crippen LogP contribution in [0.4, 0.5) is 0 Å². The van der Waals surface area contributed by atoms with Crippen molar-refractivity contribution in [3.8, 4) is 0 Å². The molecule has 0 radical (unpaired) electrons. The predicted molar refractivity (Wildman–Crippen MR) is 85.9 cm³/mol. The van der Waals surface area contributed by atoms with Crippen LogP contribution in [-0.2, 0) is 4.74 Å². The zero-order chi connectivity index (χ0) is 14.4. The van der Waals surface area contributed by atoms with Crippen molar-refractivity contribution in [1.29, 1.82) is 0 Å². The third-order valence-electron chi connectivity index (χ3n) is 5.72. The summed E-state index contributed by atoms with van der Waals surface area (Å²) in [6, 6.07) is 0.760. The van der Waals surface area contributed by atoms with Gasteiger partial charge in [0.05, 0.1) is 0 Å². The molecule has 2 fully saturated rings.